The van der Waals surface area contributed by atoms with Crippen LogP contribution in [-0.2, 0) is 34.0 Å². The zero-order chi connectivity index (χ0) is 13.7. The first-order chi connectivity index (χ1) is 9.22. The molecular weight excluding hydrogens is 425 g/mol. The van der Waals surface area contributed by atoms with Gasteiger partial charge in [-0.1, -0.05) is 60.7 Å². The van der Waals surface area contributed by atoms with Crippen molar-refractivity contribution in [2.75, 3.05) is 0 Å². The molecule has 3 heteroatoms. The van der Waals surface area contributed by atoms with E-state index in [4.69, 9.17) is 0 Å². The van der Waals surface area contributed by atoms with E-state index < -0.39 is 0 Å². The topological polar surface area (TPSA) is 26.3 Å². The number of hydrogen-bond donors (Lipinski definition) is 0. The third kappa shape index (κ3) is 3.54. The largest absolute Gasteiger partial charge is 0.0616 e. The maximum atomic E-state index is 9.64. The number of carbonyl (C=O) groups is 1. The van der Waals surface area contributed by atoms with E-state index in [-0.39, 0.29) is 32.5 Å². The van der Waals surface area contributed by atoms with E-state index in [1.54, 1.807) is 0 Å². The predicted octanol–water partition coefficient (Wildman–Crippen LogP) is 4.00. The Morgan fingerprint density at radius 1 is 0.842 bits per heavy atom. The summed E-state index contributed by atoms with van der Waals surface area (Å²) in [5.74, 6) is -0.159. The summed E-state index contributed by atoms with van der Waals surface area (Å²) < 4.78 is 4.31. The molecule has 0 aliphatic carbocycles. The molecule has 0 atom stereocenters. The molecule has 3 aromatic carbocycles. The maximum Gasteiger partial charge on any atom is -0.0105 e. The molecule has 0 heterocycles. The van der Waals surface area contributed by atoms with Gasteiger partial charge in [-0.2, -0.15) is 0 Å². The van der Waals surface area contributed by atoms with Crippen LogP contribution in [0.4, 0.5) is 0 Å². The van der Waals surface area contributed by atoms with E-state index in [2.05, 4.69) is 63.3 Å². The molecule has 0 N–H and O–H groups in total. The van der Waals surface area contributed by atoms with E-state index in [0.717, 1.165) is 0 Å². The number of rotatable bonds is 0. The Morgan fingerprint density at radius 3 is 1.58 bits per heavy atom. The predicted molar refractivity (Wildman–Crippen MR) is 73.2 cm³/mol. The molecule has 0 aliphatic rings. The third-order valence-corrected chi connectivity index (χ3v) is 4.44. The van der Waals surface area contributed by atoms with Crippen molar-refractivity contribution in [2.45, 2.75) is 6.92 Å². The Bertz CT molecular complexity index is 652. The summed E-state index contributed by atoms with van der Waals surface area (Å²) >= 11 is 0.194. The van der Waals surface area contributed by atoms with Crippen LogP contribution in [0.1, 0.15) is 6.92 Å². The van der Waals surface area contributed by atoms with Crippen molar-refractivity contribution in [3.63, 3.8) is 0 Å². The fourth-order valence-corrected chi connectivity index (χ4v) is 1.95. The van der Waals surface area contributed by atoms with Gasteiger partial charge in [0.2, 0.25) is 0 Å². The van der Waals surface area contributed by atoms with Crippen LogP contribution in [0.3, 0.4) is 0 Å². The summed E-state index contributed by atoms with van der Waals surface area (Å²) in [6.07, 6.45) is 0. The van der Waals surface area contributed by atoms with Gasteiger partial charge >= 0.3 is 46.9 Å². The minimum atomic E-state index is -0.159. The minimum Gasteiger partial charge on any atom is -0.0616 e. The summed E-state index contributed by atoms with van der Waals surface area (Å²) in [6.45, 7) is 1.41. The molecule has 19 heavy (non-hydrogen) atoms. The van der Waals surface area contributed by atoms with Crippen LogP contribution in [0.15, 0.2) is 60.7 Å². The van der Waals surface area contributed by atoms with Gasteiger partial charge in [0.05, 0.1) is 0 Å². The van der Waals surface area contributed by atoms with E-state index in [1.807, 2.05) is 0 Å². The fraction of sp³-hybridized carbons (Fsp3) is 0.0625. The van der Waals surface area contributed by atoms with Crippen LogP contribution in [0.25, 0.3) is 21.5 Å². The fourth-order valence-electron chi connectivity index (χ4n) is 1.95. The number of hydrogen-bond acceptors (Lipinski definition) is 2. The van der Waals surface area contributed by atoms with Crippen molar-refractivity contribution in [2.24, 2.45) is 0 Å². The summed E-state index contributed by atoms with van der Waals surface area (Å²) in [5, 5.41) is 5.30. The van der Waals surface area contributed by atoms with Crippen LogP contribution in [0, 0.1) is 0 Å². The van der Waals surface area contributed by atoms with Crippen molar-refractivity contribution in [3.05, 3.63) is 60.7 Å². The quantitative estimate of drug-likeness (QED) is 0.392. The number of fused-ring (bicyclic) bond motifs is 3. The van der Waals surface area contributed by atoms with Crippen LogP contribution >= 0.6 is 0 Å². The van der Waals surface area contributed by atoms with Gasteiger partial charge in [0, 0.05) is 0 Å². The van der Waals surface area contributed by atoms with Crippen molar-refractivity contribution in [3.8, 4) is 0 Å². The van der Waals surface area contributed by atoms with Crippen molar-refractivity contribution in [1.82, 2.24) is 0 Å². The smallest absolute Gasteiger partial charge is 0.0105 e. The Balaban J connectivity index is 0.000000232. The van der Waals surface area contributed by atoms with Crippen molar-refractivity contribution < 1.29 is 34.0 Å². The second-order valence-corrected chi connectivity index (χ2v) is 5.27. The van der Waals surface area contributed by atoms with Gasteiger partial charge in [0.1, 0.15) is 0 Å². The molecule has 3 rings (SSSR count). The molecule has 0 radical (unpaired) electrons. The third-order valence-electron chi connectivity index (χ3n) is 2.86. The monoisotopic (exact) mass is 439 g/mol. The van der Waals surface area contributed by atoms with Gasteiger partial charge in [-0.3, -0.25) is 0 Å². The molecule has 0 saturated carbocycles. The SMILES string of the molecule is CC(=O)[O][Hg].c1ccc2c(c1)ccc1ccccc12. The zero-order valence-corrected chi connectivity index (χ0v) is 16.3. The molecule has 0 unspecified atom stereocenters. The van der Waals surface area contributed by atoms with Gasteiger partial charge < -0.3 is 0 Å². The number of benzene rings is 3. The van der Waals surface area contributed by atoms with Gasteiger partial charge in [-0.25, -0.2) is 0 Å². The Labute approximate surface area is 129 Å². The molecule has 0 aromatic heterocycles. The molecule has 0 aliphatic heterocycles. The molecule has 0 saturated heterocycles. The van der Waals surface area contributed by atoms with Gasteiger partial charge in [-0.15, -0.1) is 0 Å². The van der Waals surface area contributed by atoms with Crippen molar-refractivity contribution in [1.29, 1.82) is 0 Å². The van der Waals surface area contributed by atoms with E-state index in [9.17, 15) is 4.79 Å². The standard InChI is InChI=1S/C14H10.C2H4O2.Hg/c1-3-7-13-11(5-1)9-10-12-6-2-4-8-14(12)13;1-2(3)4;/h1-10H;1H3,(H,3,4);/q;;+1/p-1. The maximum absolute atomic E-state index is 9.64. The Morgan fingerprint density at radius 2 is 1.21 bits per heavy atom. The summed E-state index contributed by atoms with van der Waals surface area (Å²) in [6, 6.07) is 21.4. The normalized spacial score (nSPS) is 9.84. The molecule has 0 bridgehead atoms. The first-order valence-electron chi connectivity index (χ1n) is 6.01. The van der Waals surface area contributed by atoms with E-state index in [1.165, 1.54) is 28.5 Å². The van der Waals surface area contributed by atoms with Crippen LogP contribution in [-0.4, -0.2) is 5.97 Å². The Hall–Kier alpha value is -1.41. The molecule has 91 valence electrons. The molecule has 0 amide bonds. The average Bonchev–Trinajstić information content (AvgIpc) is 2.48. The second-order valence-electron chi connectivity index (χ2n) is 4.14. The van der Waals surface area contributed by atoms with Crippen LogP contribution in [0.2, 0.25) is 0 Å². The summed E-state index contributed by atoms with van der Waals surface area (Å²) in [4.78, 5) is 9.64. The molecule has 0 spiro atoms. The van der Waals surface area contributed by atoms with Gasteiger partial charge in [-0.05, 0) is 21.5 Å². The molecule has 3 aromatic rings. The van der Waals surface area contributed by atoms with Crippen LogP contribution < -0.4 is 0 Å². The molecule has 0 fully saturated rings. The number of carbonyl (C=O) groups excluding carboxylic acids is 1. The zero-order valence-electron chi connectivity index (χ0n) is 10.8. The van der Waals surface area contributed by atoms with Crippen LogP contribution in [0.5, 0.6) is 0 Å². The average molecular weight is 438 g/mol. The summed E-state index contributed by atoms with van der Waals surface area (Å²) in [7, 11) is 0. The van der Waals surface area contributed by atoms with E-state index >= 15 is 0 Å². The first-order valence-corrected chi connectivity index (χ1v) is 8.26. The van der Waals surface area contributed by atoms with Crippen molar-refractivity contribution >= 4 is 27.5 Å². The second kappa shape index (κ2) is 6.66. The molecular formula is C16H13HgO2. The first kappa shape index (κ1) is 14.0. The molecule has 2 nitrogen and oxygen atoms in total. The van der Waals surface area contributed by atoms with Gasteiger partial charge in [0.15, 0.2) is 0 Å². The van der Waals surface area contributed by atoms with E-state index in [0.29, 0.717) is 0 Å². The Kier molecular flexibility index (Phi) is 4.91. The van der Waals surface area contributed by atoms with Gasteiger partial charge in [0.25, 0.3) is 0 Å². The minimum absolute atomic E-state index is 0.159. The summed E-state index contributed by atoms with van der Waals surface area (Å²) in [5.41, 5.74) is 0.